The molecule has 116 valence electrons. The number of nitrogens with zero attached hydrogens (tertiary/aromatic N) is 1. The number of carbonyl (C=O) groups excluding carboxylic acids is 1. The first kappa shape index (κ1) is 16.4. The molecule has 0 radical (unpaired) electrons. The van der Waals surface area contributed by atoms with Crippen molar-refractivity contribution in [2.75, 3.05) is 5.32 Å². The minimum atomic E-state index is -0.121. The van der Waals surface area contributed by atoms with E-state index in [9.17, 15) is 4.79 Å². The van der Waals surface area contributed by atoms with Crippen LogP contribution in [0.2, 0.25) is 5.02 Å². The molecule has 0 bridgehead atoms. The van der Waals surface area contributed by atoms with Gasteiger partial charge >= 0.3 is 6.03 Å². The number of rotatable bonds is 4. The largest absolute Gasteiger partial charge is 0.322 e. The molecule has 0 aliphatic carbocycles. The third-order valence-corrected chi connectivity index (χ3v) is 4.00. The van der Waals surface area contributed by atoms with Gasteiger partial charge < -0.3 is 10.2 Å². The maximum Gasteiger partial charge on any atom is 0.322 e. The van der Waals surface area contributed by atoms with Crippen LogP contribution in [0, 0.1) is 6.92 Å². The number of nitrogens with one attached hydrogen (secondary N) is 1. The van der Waals surface area contributed by atoms with Gasteiger partial charge in [-0.3, -0.25) is 0 Å². The normalized spacial score (nSPS) is 10.6. The third kappa shape index (κ3) is 4.01. The summed E-state index contributed by atoms with van der Waals surface area (Å²) in [5, 5.41) is 3.61. The highest BCUT2D eigenvalue weighted by Gasteiger charge is 2.18. The Morgan fingerprint density at radius 3 is 2.45 bits per heavy atom. The molecule has 0 atom stereocenters. The van der Waals surface area contributed by atoms with Crippen LogP contribution in [0.1, 0.15) is 25.0 Å². The summed E-state index contributed by atoms with van der Waals surface area (Å²) in [4.78, 5) is 14.4. The van der Waals surface area contributed by atoms with Gasteiger partial charge in [-0.1, -0.05) is 48.0 Å². The van der Waals surface area contributed by atoms with Crippen molar-refractivity contribution in [3.05, 3.63) is 64.7 Å². The number of carbonyl (C=O) groups is 1. The van der Waals surface area contributed by atoms with Crippen LogP contribution in [0.5, 0.6) is 0 Å². The van der Waals surface area contributed by atoms with Gasteiger partial charge in [-0.15, -0.1) is 0 Å². The lowest BCUT2D eigenvalue weighted by Gasteiger charge is -2.27. The standard InChI is InChI=1S/C18H21ClN2O/c1-13(2)21(12-15-8-5-4-6-9-15)18(22)20-17-11-7-10-16(19)14(17)3/h4-11,13H,12H2,1-3H3,(H,20,22). The summed E-state index contributed by atoms with van der Waals surface area (Å²) in [5.74, 6) is 0. The molecule has 2 aromatic carbocycles. The van der Waals surface area contributed by atoms with Crippen LogP contribution in [0.15, 0.2) is 48.5 Å². The van der Waals surface area contributed by atoms with Crippen molar-refractivity contribution in [1.29, 1.82) is 0 Å². The van der Waals surface area contributed by atoms with Crippen molar-refractivity contribution in [3.63, 3.8) is 0 Å². The van der Waals surface area contributed by atoms with Crippen LogP contribution in [-0.4, -0.2) is 17.0 Å². The highest BCUT2D eigenvalue weighted by molar-refractivity contribution is 6.31. The summed E-state index contributed by atoms with van der Waals surface area (Å²) in [7, 11) is 0. The highest BCUT2D eigenvalue weighted by Crippen LogP contribution is 2.23. The van der Waals surface area contributed by atoms with Crippen molar-refractivity contribution in [2.24, 2.45) is 0 Å². The van der Waals surface area contributed by atoms with Gasteiger partial charge in [0.2, 0.25) is 0 Å². The molecular weight excluding hydrogens is 296 g/mol. The van der Waals surface area contributed by atoms with Crippen molar-refractivity contribution >= 4 is 23.3 Å². The zero-order chi connectivity index (χ0) is 16.1. The van der Waals surface area contributed by atoms with E-state index in [4.69, 9.17) is 11.6 Å². The summed E-state index contributed by atoms with van der Waals surface area (Å²) < 4.78 is 0. The summed E-state index contributed by atoms with van der Waals surface area (Å²) in [6.07, 6.45) is 0. The Morgan fingerprint density at radius 2 is 1.82 bits per heavy atom. The van der Waals surface area contributed by atoms with E-state index in [1.165, 1.54) is 0 Å². The van der Waals surface area contributed by atoms with Crippen LogP contribution in [-0.2, 0) is 6.54 Å². The Hall–Kier alpha value is -2.00. The van der Waals surface area contributed by atoms with Gasteiger partial charge in [0, 0.05) is 23.3 Å². The van der Waals surface area contributed by atoms with Crippen molar-refractivity contribution in [3.8, 4) is 0 Å². The van der Waals surface area contributed by atoms with E-state index < -0.39 is 0 Å². The molecule has 0 saturated heterocycles. The topological polar surface area (TPSA) is 32.3 Å². The quantitative estimate of drug-likeness (QED) is 0.837. The molecule has 0 saturated carbocycles. The van der Waals surface area contributed by atoms with Gasteiger partial charge in [0.1, 0.15) is 0 Å². The lowest BCUT2D eigenvalue weighted by Crippen LogP contribution is -2.39. The molecule has 4 heteroatoms. The van der Waals surface area contributed by atoms with E-state index in [1.54, 1.807) is 4.90 Å². The second kappa shape index (κ2) is 7.32. The molecule has 0 aromatic heterocycles. The van der Waals surface area contributed by atoms with Crippen molar-refractivity contribution < 1.29 is 4.79 Å². The van der Waals surface area contributed by atoms with E-state index >= 15 is 0 Å². The molecule has 2 rings (SSSR count). The first-order valence-corrected chi connectivity index (χ1v) is 7.73. The summed E-state index contributed by atoms with van der Waals surface area (Å²) in [6, 6.07) is 15.5. The fraction of sp³-hybridized carbons (Fsp3) is 0.278. The average Bonchev–Trinajstić information content (AvgIpc) is 2.50. The maximum atomic E-state index is 12.6. The third-order valence-electron chi connectivity index (χ3n) is 3.59. The van der Waals surface area contributed by atoms with Gasteiger partial charge in [0.25, 0.3) is 0 Å². The maximum absolute atomic E-state index is 12.6. The van der Waals surface area contributed by atoms with Gasteiger partial charge in [0.05, 0.1) is 0 Å². The fourth-order valence-corrected chi connectivity index (χ4v) is 2.37. The molecule has 2 aromatic rings. The zero-order valence-corrected chi connectivity index (χ0v) is 13.9. The molecule has 2 amide bonds. The van der Waals surface area contributed by atoms with Crippen LogP contribution < -0.4 is 5.32 Å². The number of urea groups is 1. The number of anilines is 1. The minimum Gasteiger partial charge on any atom is -0.318 e. The molecule has 22 heavy (non-hydrogen) atoms. The summed E-state index contributed by atoms with van der Waals surface area (Å²) in [5.41, 5.74) is 2.73. The number of halogens is 1. The van der Waals surface area contributed by atoms with E-state index in [1.807, 2.05) is 69.3 Å². The molecule has 0 aliphatic heterocycles. The number of hydrogen-bond acceptors (Lipinski definition) is 1. The smallest absolute Gasteiger partial charge is 0.318 e. The predicted molar refractivity (Wildman–Crippen MR) is 92.3 cm³/mol. The van der Waals surface area contributed by atoms with E-state index in [0.717, 1.165) is 16.8 Å². The van der Waals surface area contributed by atoms with E-state index in [0.29, 0.717) is 11.6 Å². The second-order valence-corrected chi connectivity index (χ2v) is 5.96. The van der Waals surface area contributed by atoms with E-state index in [-0.39, 0.29) is 12.1 Å². The van der Waals surface area contributed by atoms with Gasteiger partial charge in [-0.05, 0) is 44.0 Å². The van der Waals surface area contributed by atoms with Crippen LogP contribution in [0.4, 0.5) is 10.5 Å². The molecule has 0 unspecified atom stereocenters. The number of amides is 2. The predicted octanol–water partition coefficient (Wildman–Crippen LogP) is 5.09. The number of benzene rings is 2. The average molecular weight is 317 g/mol. The molecule has 0 aliphatic rings. The highest BCUT2D eigenvalue weighted by atomic mass is 35.5. The Morgan fingerprint density at radius 1 is 1.14 bits per heavy atom. The first-order valence-electron chi connectivity index (χ1n) is 7.35. The second-order valence-electron chi connectivity index (χ2n) is 5.55. The van der Waals surface area contributed by atoms with Crippen LogP contribution >= 0.6 is 11.6 Å². The molecular formula is C18H21ClN2O. The minimum absolute atomic E-state index is 0.0969. The van der Waals surface area contributed by atoms with E-state index in [2.05, 4.69) is 5.32 Å². The van der Waals surface area contributed by atoms with Crippen molar-refractivity contribution in [1.82, 2.24) is 4.90 Å². The molecule has 3 nitrogen and oxygen atoms in total. The van der Waals surface area contributed by atoms with Gasteiger partial charge in [0.15, 0.2) is 0 Å². The monoisotopic (exact) mass is 316 g/mol. The molecule has 0 spiro atoms. The Labute approximate surface area is 136 Å². The Kier molecular flexibility index (Phi) is 5.45. The molecule has 0 fully saturated rings. The van der Waals surface area contributed by atoms with Crippen molar-refractivity contribution in [2.45, 2.75) is 33.4 Å². The van der Waals surface area contributed by atoms with Gasteiger partial charge in [-0.25, -0.2) is 4.79 Å². The summed E-state index contributed by atoms with van der Waals surface area (Å²) in [6.45, 7) is 6.49. The first-order chi connectivity index (χ1) is 10.5. The lowest BCUT2D eigenvalue weighted by atomic mass is 10.2. The lowest BCUT2D eigenvalue weighted by molar-refractivity contribution is 0.193. The van der Waals surface area contributed by atoms with Crippen LogP contribution in [0.3, 0.4) is 0 Å². The van der Waals surface area contributed by atoms with Crippen LogP contribution in [0.25, 0.3) is 0 Å². The molecule has 1 N–H and O–H groups in total. The SMILES string of the molecule is Cc1c(Cl)cccc1NC(=O)N(Cc1ccccc1)C(C)C. The summed E-state index contributed by atoms with van der Waals surface area (Å²) >= 11 is 6.10. The molecule has 0 heterocycles. The zero-order valence-electron chi connectivity index (χ0n) is 13.1. The number of hydrogen-bond donors (Lipinski definition) is 1. The fourth-order valence-electron chi connectivity index (χ4n) is 2.20. The Bertz CT molecular complexity index is 641. The Balaban J connectivity index is 2.15. The van der Waals surface area contributed by atoms with Gasteiger partial charge in [-0.2, -0.15) is 0 Å².